The van der Waals surface area contributed by atoms with Gasteiger partial charge in [-0.05, 0) is 0 Å². The molecule has 0 aromatic carbocycles. The molecule has 1 N–H and O–H groups in total. The fourth-order valence-electron chi connectivity index (χ4n) is 0.0577. The van der Waals surface area contributed by atoms with Crippen molar-refractivity contribution in [2.45, 2.75) is 5.25 Å². The van der Waals surface area contributed by atoms with Gasteiger partial charge in [0.15, 0.2) is 0 Å². The van der Waals surface area contributed by atoms with E-state index in [1.165, 1.54) is 0 Å². The van der Waals surface area contributed by atoms with Gasteiger partial charge in [-0.15, -0.1) is 0 Å². The van der Waals surface area contributed by atoms with Gasteiger partial charge in [-0.1, -0.05) is 0 Å². The molecule has 0 aliphatic heterocycles. The van der Waals surface area contributed by atoms with E-state index < -0.39 is 0 Å². The Balaban J connectivity index is 0. The molecular weight excluding hydrogens is 172 g/mol. The first-order chi connectivity index (χ1) is 2.81. The maximum absolute atomic E-state index is 8.21. The molecule has 0 radical (unpaired) electrons. The molecule has 1 atom stereocenters. The van der Waals surface area contributed by atoms with Gasteiger partial charge in [0.25, 0.3) is 0 Å². The molecule has 0 aliphatic carbocycles. The summed E-state index contributed by atoms with van der Waals surface area (Å²) >= 11 is 7.76. The molecule has 46 valence electrons. The summed E-state index contributed by atoms with van der Waals surface area (Å²) in [6.07, 6.45) is 0. The maximum Gasteiger partial charge on any atom is 0.0555 e. The zero-order valence-corrected chi connectivity index (χ0v) is 6.58. The van der Waals surface area contributed by atoms with Crippen molar-refractivity contribution in [1.29, 1.82) is 0 Å². The van der Waals surface area contributed by atoms with Crippen molar-refractivity contribution < 1.29 is 22.2 Å². The Labute approximate surface area is 65.2 Å². The predicted octanol–water partition coefficient (Wildman–Crippen LogP) is 0.204. The molecule has 0 aromatic heterocycles. The van der Waals surface area contributed by atoms with E-state index in [0.717, 1.165) is 0 Å². The molecule has 7 heavy (non-hydrogen) atoms. The summed E-state index contributed by atoms with van der Waals surface area (Å²) in [5.41, 5.74) is 0. The summed E-state index contributed by atoms with van der Waals surface area (Å²) in [4.78, 5) is 0. The van der Waals surface area contributed by atoms with Crippen LogP contribution in [0.2, 0.25) is 0 Å². The van der Waals surface area contributed by atoms with Crippen LogP contribution in [-0.4, -0.2) is 22.7 Å². The Kier molecular flexibility index (Phi) is 11.3. The van der Waals surface area contributed by atoms with Crippen LogP contribution in [0, 0.1) is 0 Å². The van der Waals surface area contributed by atoms with E-state index in [1.807, 2.05) is 0 Å². The van der Waals surface area contributed by atoms with Crippen LogP contribution in [0.5, 0.6) is 0 Å². The van der Waals surface area contributed by atoms with Gasteiger partial charge in [0, 0.05) is 28.1 Å². The van der Waals surface area contributed by atoms with Gasteiger partial charge in [0.2, 0.25) is 0 Å². The maximum atomic E-state index is 8.21. The second-order valence-corrected chi connectivity index (χ2v) is 2.11. The van der Waals surface area contributed by atoms with E-state index >= 15 is 0 Å². The normalized spacial score (nSPS) is 12.4. The third-order valence-electron chi connectivity index (χ3n) is 0.421. The molecule has 0 saturated heterocycles. The number of aliphatic hydroxyl groups is 1. The van der Waals surface area contributed by atoms with E-state index in [2.05, 4.69) is 25.3 Å². The fraction of sp³-hybridized carbons (Fsp3) is 1.00. The van der Waals surface area contributed by atoms with Crippen molar-refractivity contribution in [3.8, 4) is 0 Å². The molecule has 0 aliphatic rings. The van der Waals surface area contributed by atoms with Crippen molar-refractivity contribution in [3.63, 3.8) is 0 Å². The predicted molar refractivity (Wildman–Crippen MR) is 33.7 cm³/mol. The summed E-state index contributed by atoms with van der Waals surface area (Å²) in [5, 5.41) is 8.26. The fourth-order valence-corrected chi connectivity index (χ4v) is 0.173. The first-order valence-electron chi connectivity index (χ1n) is 1.71. The van der Waals surface area contributed by atoms with E-state index in [-0.39, 0.29) is 28.9 Å². The zero-order chi connectivity index (χ0) is 4.99. The third-order valence-corrected chi connectivity index (χ3v) is 1.50. The average molecular weight is 180 g/mol. The Morgan fingerprint density at radius 2 is 2.00 bits per heavy atom. The van der Waals surface area contributed by atoms with Crippen molar-refractivity contribution in [2.75, 3.05) is 12.4 Å². The Bertz CT molecular complexity index is 32.1. The molecule has 0 bridgehead atoms. The monoisotopic (exact) mass is 180 g/mol. The van der Waals surface area contributed by atoms with Gasteiger partial charge < -0.3 is 5.11 Å². The van der Waals surface area contributed by atoms with Gasteiger partial charge in [-0.25, -0.2) is 0 Å². The second kappa shape index (κ2) is 7.18. The third kappa shape index (κ3) is 7.18. The number of hydrogen-bond acceptors (Lipinski definition) is 3. The van der Waals surface area contributed by atoms with Crippen LogP contribution in [0.4, 0.5) is 0 Å². The molecule has 0 heterocycles. The second-order valence-electron chi connectivity index (χ2n) is 1.02. The molecule has 0 amide bonds. The minimum Gasteiger partial charge on any atom is -0.395 e. The average Bonchev–Trinajstić information content (AvgIpc) is 1.65. The van der Waals surface area contributed by atoms with Gasteiger partial charge in [-0.3, -0.25) is 0 Å². The molecule has 0 fully saturated rings. The number of thiol groups is 2. The summed E-state index contributed by atoms with van der Waals surface area (Å²) in [5.74, 6) is 0.639. The van der Waals surface area contributed by atoms with Crippen LogP contribution in [-0.2, 0) is 17.1 Å². The molecule has 0 rings (SSSR count). The van der Waals surface area contributed by atoms with E-state index in [4.69, 9.17) is 5.11 Å². The SMILES string of the molecule is OCC(S)CS.[Fe]. The smallest absolute Gasteiger partial charge is 0.0555 e. The topological polar surface area (TPSA) is 20.2 Å². The van der Waals surface area contributed by atoms with Crippen LogP contribution in [0.1, 0.15) is 0 Å². The Morgan fingerprint density at radius 3 is 2.00 bits per heavy atom. The quantitative estimate of drug-likeness (QED) is 0.409. The Hall–Kier alpha value is 1.18. The van der Waals surface area contributed by atoms with Crippen LogP contribution in [0.15, 0.2) is 0 Å². The summed E-state index contributed by atoms with van der Waals surface area (Å²) < 4.78 is 0. The summed E-state index contributed by atoms with van der Waals surface area (Å²) in [7, 11) is 0. The van der Waals surface area contributed by atoms with Crippen LogP contribution >= 0.6 is 25.3 Å². The van der Waals surface area contributed by atoms with Crippen molar-refractivity contribution in [2.24, 2.45) is 0 Å². The minimum absolute atomic E-state index is 0. The summed E-state index contributed by atoms with van der Waals surface area (Å²) in [6, 6.07) is 0. The van der Waals surface area contributed by atoms with Crippen molar-refractivity contribution >= 4 is 25.3 Å². The van der Waals surface area contributed by atoms with Gasteiger partial charge >= 0.3 is 0 Å². The molecular formula is C3H8FeOS2. The van der Waals surface area contributed by atoms with Crippen LogP contribution < -0.4 is 0 Å². The van der Waals surface area contributed by atoms with Gasteiger partial charge in [0.05, 0.1) is 6.61 Å². The summed E-state index contributed by atoms with van der Waals surface area (Å²) in [6.45, 7) is 0.118. The van der Waals surface area contributed by atoms with E-state index in [9.17, 15) is 0 Å². The largest absolute Gasteiger partial charge is 0.395 e. The number of aliphatic hydroxyl groups excluding tert-OH is 1. The molecule has 0 saturated carbocycles. The van der Waals surface area contributed by atoms with Gasteiger partial charge in [-0.2, -0.15) is 25.3 Å². The van der Waals surface area contributed by atoms with E-state index in [0.29, 0.717) is 5.75 Å². The number of rotatable bonds is 2. The minimum atomic E-state index is 0. The first-order valence-corrected chi connectivity index (χ1v) is 2.86. The van der Waals surface area contributed by atoms with Crippen LogP contribution in [0.25, 0.3) is 0 Å². The van der Waals surface area contributed by atoms with E-state index in [1.54, 1.807) is 0 Å². The zero-order valence-electron chi connectivity index (χ0n) is 3.69. The van der Waals surface area contributed by atoms with Crippen LogP contribution in [0.3, 0.4) is 0 Å². The number of hydrogen-bond donors (Lipinski definition) is 3. The van der Waals surface area contributed by atoms with Gasteiger partial charge in [0.1, 0.15) is 0 Å². The first kappa shape index (κ1) is 11.0. The van der Waals surface area contributed by atoms with Crippen molar-refractivity contribution in [3.05, 3.63) is 0 Å². The standard InChI is InChI=1S/C3H8OS2.Fe/c4-1-3(6)2-5;/h3-6H,1-2H2;. The Morgan fingerprint density at radius 1 is 1.57 bits per heavy atom. The molecule has 0 aromatic rings. The molecule has 1 nitrogen and oxygen atoms in total. The molecule has 0 spiro atoms. The van der Waals surface area contributed by atoms with Crippen molar-refractivity contribution in [1.82, 2.24) is 0 Å². The molecule has 4 heteroatoms. The molecule has 1 unspecified atom stereocenters.